The molecule has 0 aliphatic heterocycles. The predicted molar refractivity (Wildman–Crippen MR) is 84.6 cm³/mol. The average molecular weight is 362 g/mol. The summed E-state index contributed by atoms with van der Waals surface area (Å²) in [5, 5.41) is 0. The molecule has 0 spiro atoms. The summed E-state index contributed by atoms with van der Waals surface area (Å²) in [6.45, 7) is 8.67. The molecular formula is C16H35OSn. The maximum absolute atomic E-state index is 5.53. The first kappa shape index (κ1) is 21.1. The van der Waals surface area contributed by atoms with Gasteiger partial charge in [-0.2, -0.15) is 0 Å². The molecule has 0 fully saturated rings. The van der Waals surface area contributed by atoms with Gasteiger partial charge in [0.2, 0.25) is 0 Å². The van der Waals surface area contributed by atoms with Crippen LogP contribution < -0.4 is 0 Å². The van der Waals surface area contributed by atoms with Crippen LogP contribution in [-0.2, 0) is 4.74 Å². The molecule has 0 unspecified atom stereocenters. The second kappa shape index (κ2) is 22.9. The van der Waals surface area contributed by atoms with Crippen molar-refractivity contribution in [2.24, 2.45) is 0 Å². The van der Waals surface area contributed by atoms with Gasteiger partial charge in [-0.25, -0.2) is 0 Å². The van der Waals surface area contributed by atoms with Gasteiger partial charge in [-0.05, 0) is 12.8 Å². The van der Waals surface area contributed by atoms with Gasteiger partial charge in [0.25, 0.3) is 0 Å². The summed E-state index contributed by atoms with van der Waals surface area (Å²) in [7, 11) is 0. The molecule has 0 rings (SSSR count). The molecule has 0 aliphatic rings. The Morgan fingerprint density at radius 2 is 1.06 bits per heavy atom. The third-order valence-electron chi connectivity index (χ3n) is 2.81. The van der Waals surface area contributed by atoms with Crippen molar-refractivity contribution in [1.29, 1.82) is 0 Å². The molecule has 0 N–H and O–H groups in total. The molecule has 18 heavy (non-hydrogen) atoms. The predicted octanol–water partition coefficient (Wildman–Crippen LogP) is 5.54. The van der Waals surface area contributed by atoms with Crippen LogP contribution in [0.2, 0.25) is 4.44 Å². The summed E-state index contributed by atoms with van der Waals surface area (Å²) >= 11 is 1.68. The van der Waals surface area contributed by atoms with Crippen LogP contribution in [0.4, 0.5) is 0 Å². The van der Waals surface area contributed by atoms with Gasteiger partial charge in [0.1, 0.15) is 0 Å². The van der Waals surface area contributed by atoms with Crippen LogP contribution in [0.15, 0.2) is 0 Å². The quantitative estimate of drug-likeness (QED) is 0.327. The van der Waals surface area contributed by atoms with Gasteiger partial charge in [0.05, 0.1) is 0 Å². The molecule has 0 saturated heterocycles. The SMILES string of the molecule is CCCCCCOCCCCCC.CCC[CH2][Sn]. The van der Waals surface area contributed by atoms with E-state index < -0.39 is 0 Å². The Morgan fingerprint density at radius 3 is 1.33 bits per heavy atom. The first-order valence-corrected chi connectivity index (χ1v) is 10.1. The third-order valence-corrected chi connectivity index (χ3v) is 3.82. The first-order chi connectivity index (χ1) is 8.83. The van der Waals surface area contributed by atoms with Crippen LogP contribution in [0.25, 0.3) is 0 Å². The van der Waals surface area contributed by atoms with Crippen LogP contribution >= 0.6 is 0 Å². The van der Waals surface area contributed by atoms with Crippen molar-refractivity contribution < 1.29 is 4.74 Å². The third kappa shape index (κ3) is 25.6. The Labute approximate surface area is 130 Å². The van der Waals surface area contributed by atoms with E-state index in [1.807, 2.05) is 0 Å². The van der Waals surface area contributed by atoms with Crippen molar-refractivity contribution in [2.45, 2.75) is 89.4 Å². The molecule has 0 aromatic rings. The number of hydrogen-bond acceptors (Lipinski definition) is 1. The summed E-state index contributed by atoms with van der Waals surface area (Å²) in [6, 6.07) is 0. The van der Waals surface area contributed by atoms with E-state index in [0.29, 0.717) is 0 Å². The molecule has 0 bridgehead atoms. The maximum atomic E-state index is 5.53. The fourth-order valence-corrected chi connectivity index (χ4v) is 2.55. The topological polar surface area (TPSA) is 9.23 Å². The molecule has 3 radical (unpaired) electrons. The number of hydrogen-bond donors (Lipinski definition) is 0. The fourth-order valence-electron chi connectivity index (χ4n) is 1.54. The molecule has 0 amide bonds. The average Bonchev–Trinajstić information content (AvgIpc) is 2.39. The first-order valence-electron chi connectivity index (χ1n) is 8.05. The Hall–Kier alpha value is 0.759. The molecule has 109 valence electrons. The Kier molecular flexibility index (Phi) is 26.8. The van der Waals surface area contributed by atoms with Gasteiger partial charge in [-0.15, -0.1) is 0 Å². The molecule has 0 saturated carbocycles. The normalized spacial score (nSPS) is 10.0. The molecule has 0 aliphatic carbocycles. The number of unbranched alkanes of at least 4 members (excludes halogenated alkanes) is 7. The Morgan fingerprint density at radius 1 is 0.611 bits per heavy atom. The number of rotatable bonds is 12. The van der Waals surface area contributed by atoms with E-state index in [9.17, 15) is 0 Å². The van der Waals surface area contributed by atoms with Crippen molar-refractivity contribution in [1.82, 2.24) is 0 Å². The van der Waals surface area contributed by atoms with Crippen LogP contribution in [0, 0.1) is 0 Å². The molecule has 2 heteroatoms. The van der Waals surface area contributed by atoms with Crippen molar-refractivity contribution in [3.63, 3.8) is 0 Å². The molecule has 1 nitrogen and oxygen atoms in total. The van der Waals surface area contributed by atoms with E-state index >= 15 is 0 Å². The van der Waals surface area contributed by atoms with Crippen LogP contribution in [0.3, 0.4) is 0 Å². The molecule has 0 aromatic heterocycles. The molecular weight excluding hydrogens is 327 g/mol. The van der Waals surface area contributed by atoms with Crippen LogP contribution in [0.5, 0.6) is 0 Å². The summed E-state index contributed by atoms with van der Waals surface area (Å²) in [5.74, 6) is 0. The number of ether oxygens (including phenoxy) is 1. The zero-order valence-electron chi connectivity index (χ0n) is 13.1. The zero-order chi connectivity index (χ0) is 13.9. The van der Waals surface area contributed by atoms with E-state index in [2.05, 4.69) is 20.8 Å². The van der Waals surface area contributed by atoms with Crippen molar-refractivity contribution in [3.8, 4) is 0 Å². The van der Waals surface area contributed by atoms with Gasteiger partial charge >= 0.3 is 46.7 Å². The van der Waals surface area contributed by atoms with Gasteiger partial charge in [-0.1, -0.05) is 52.4 Å². The van der Waals surface area contributed by atoms with E-state index in [4.69, 9.17) is 4.74 Å². The standard InChI is InChI=1S/C12H26O.C4H9.Sn/c1-3-5-7-9-11-13-12-10-8-6-4-2;1-3-4-2;/h3-12H2,1-2H3;1,3-4H2,2H3;. The zero-order valence-corrected chi connectivity index (χ0v) is 16.0. The Bertz CT molecular complexity index is 106. The van der Waals surface area contributed by atoms with Gasteiger partial charge in [-0.3, -0.25) is 0 Å². The second-order valence-corrected chi connectivity index (χ2v) is 6.26. The summed E-state index contributed by atoms with van der Waals surface area (Å²) < 4.78 is 6.96. The summed E-state index contributed by atoms with van der Waals surface area (Å²) in [4.78, 5) is 0. The Balaban J connectivity index is 0. The molecule has 0 aromatic carbocycles. The second-order valence-electron chi connectivity index (χ2n) is 4.84. The van der Waals surface area contributed by atoms with Crippen molar-refractivity contribution >= 4 is 22.5 Å². The molecule has 0 atom stereocenters. The van der Waals surface area contributed by atoms with E-state index in [1.165, 1.54) is 68.6 Å². The van der Waals surface area contributed by atoms with Crippen LogP contribution in [-0.4, -0.2) is 35.7 Å². The monoisotopic (exact) mass is 363 g/mol. The minimum atomic E-state index is 0.978. The van der Waals surface area contributed by atoms with E-state index in [-0.39, 0.29) is 0 Å². The summed E-state index contributed by atoms with van der Waals surface area (Å²) in [5.41, 5.74) is 0. The van der Waals surface area contributed by atoms with E-state index in [1.54, 1.807) is 22.5 Å². The van der Waals surface area contributed by atoms with Gasteiger partial charge in [0.15, 0.2) is 0 Å². The van der Waals surface area contributed by atoms with Crippen molar-refractivity contribution in [2.75, 3.05) is 13.2 Å². The van der Waals surface area contributed by atoms with E-state index in [0.717, 1.165) is 13.2 Å². The summed E-state index contributed by atoms with van der Waals surface area (Å²) in [6.07, 6.45) is 13.3. The van der Waals surface area contributed by atoms with Crippen LogP contribution in [0.1, 0.15) is 85.0 Å². The van der Waals surface area contributed by atoms with Gasteiger partial charge < -0.3 is 4.74 Å². The van der Waals surface area contributed by atoms with Crippen molar-refractivity contribution in [3.05, 3.63) is 0 Å². The fraction of sp³-hybridized carbons (Fsp3) is 1.00. The van der Waals surface area contributed by atoms with Gasteiger partial charge in [0, 0.05) is 13.2 Å². The molecule has 0 heterocycles. The minimum absolute atomic E-state index is 0.978.